The number of hydrogen-bond acceptors (Lipinski definition) is 7. The lowest BCUT2D eigenvalue weighted by Crippen LogP contribution is -2.59. The molecule has 14 heavy (non-hydrogen) atoms. The largest absolute Gasteiger partial charge is 0.455 e. The summed E-state index contributed by atoms with van der Waals surface area (Å²) in [6.07, 6.45) is -8.08. The van der Waals surface area contributed by atoms with Crippen molar-refractivity contribution in [1.29, 1.82) is 0 Å². The van der Waals surface area contributed by atoms with E-state index in [0.29, 0.717) is 0 Å². The van der Waals surface area contributed by atoms with Crippen molar-refractivity contribution in [3.8, 4) is 0 Å². The van der Waals surface area contributed by atoms with E-state index in [2.05, 4.69) is 4.74 Å². The Balaban J connectivity index is 2.75. The van der Waals surface area contributed by atoms with Crippen LogP contribution < -0.4 is 0 Å². The van der Waals surface area contributed by atoms with Gasteiger partial charge in [0.15, 0.2) is 12.2 Å². The van der Waals surface area contributed by atoms with Gasteiger partial charge in [0.25, 0.3) is 0 Å². The molecule has 1 aliphatic heterocycles. The van der Waals surface area contributed by atoms with Crippen LogP contribution in [0.25, 0.3) is 0 Å². The van der Waals surface area contributed by atoms with E-state index in [0.717, 1.165) is 0 Å². The van der Waals surface area contributed by atoms with Crippen molar-refractivity contribution in [3.63, 3.8) is 0 Å². The molecule has 0 radical (unpaired) electrons. The van der Waals surface area contributed by atoms with E-state index in [1.165, 1.54) is 0 Å². The van der Waals surface area contributed by atoms with Gasteiger partial charge in [-0.2, -0.15) is 0 Å². The van der Waals surface area contributed by atoms with Crippen molar-refractivity contribution in [2.75, 3.05) is 6.61 Å². The molecule has 0 aromatic carbocycles. The van der Waals surface area contributed by atoms with Gasteiger partial charge in [-0.3, -0.25) is 0 Å². The first-order valence-electron chi connectivity index (χ1n) is 4.02. The molecular formula is C7H12O7. The van der Waals surface area contributed by atoms with Gasteiger partial charge in [0.2, 0.25) is 0 Å². The van der Waals surface area contributed by atoms with Crippen molar-refractivity contribution in [3.05, 3.63) is 0 Å². The Kier molecular flexibility index (Phi) is 3.40. The highest BCUT2D eigenvalue weighted by Crippen LogP contribution is 2.19. The smallest absolute Gasteiger partial charge is 0.338 e. The van der Waals surface area contributed by atoms with Crippen molar-refractivity contribution in [1.82, 2.24) is 0 Å². The Hall–Kier alpha value is -0.730. The molecule has 0 aliphatic carbocycles. The molecule has 1 heterocycles. The first-order valence-corrected chi connectivity index (χ1v) is 4.02. The molecule has 7 nitrogen and oxygen atoms in total. The van der Waals surface area contributed by atoms with Crippen LogP contribution in [0.5, 0.6) is 0 Å². The molecule has 5 N–H and O–H groups in total. The lowest BCUT2D eigenvalue weighted by Gasteiger charge is -2.35. The summed E-state index contributed by atoms with van der Waals surface area (Å²) in [4.78, 5) is 10.8. The number of carbonyl (C=O) groups is 1. The van der Waals surface area contributed by atoms with Gasteiger partial charge in [-0.1, -0.05) is 0 Å². The van der Waals surface area contributed by atoms with E-state index in [1.807, 2.05) is 0 Å². The summed E-state index contributed by atoms with van der Waals surface area (Å²) in [5, 5.41) is 45.0. The predicted octanol–water partition coefficient (Wildman–Crippen LogP) is -3.65. The highest BCUT2D eigenvalue weighted by molar-refractivity contribution is 5.76. The minimum atomic E-state index is -1.83. The third-order valence-electron chi connectivity index (χ3n) is 2.07. The van der Waals surface area contributed by atoms with E-state index in [4.69, 9.17) is 20.4 Å². The molecule has 7 heteroatoms. The Morgan fingerprint density at radius 2 is 1.86 bits per heavy atom. The maximum atomic E-state index is 10.8. The Morgan fingerprint density at radius 1 is 1.29 bits per heavy atom. The fourth-order valence-corrected chi connectivity index (χ4v) is 1.20. The van der Waals surface area contributed by atoms with Gasteiger partial charge in [-0.05, 0) is 0 Å². The van der Waals surface area contributed by atoms with Gasteiger partial charge in [-0.25, -0.2) is 4.79 Å². The average molecular weight is 208 g/mol. The highest BCUT2D eigenvalue weighted by atomic mass is 16.6. The molecule has 0 aromatic rings. The third kappa shape index (κ3) is 1.86. The van der Waals surface area contributed by atoms with E-state index < -0.39 is 43.1 Å². The zero-order valence-corrected chi connectivity index (χ0v) is 7.15. The molecule has 1 fully saturated rings. The van der Waals surface area contributed by atoms with Crippen LogP contribution in [-0.2, 0) is 9.53 Å². The third-order valence-corrected chi connectivity index (χ3v) is 2.07. The monoisotopic (exact) mass is 208 g/mol. The maximum Gasteiger partial charge on any atom is 0.338 e. The molecule has 1 rings (SSSR count). The molecule has 0 unspecified atom stereocenters. The quantitative estimate of drug-likeness (QED) is 0.296. The van der Waals surface area contributed by atoms with E-state index in [9.17, 15) is 9.90 Å². The molecule has 5 atom stereocenters. The summed E-state index contributed by atoms with van der Waals surface area (Å²) in [6.45, 7) is -0.724. The van der Waals surface area contributed by atoms with Gasteiger partial charge in [0.05, 0.1) is 6.61 Å². The first-order chi connectivity index (χ1) is 6.49. The number of carbonyl (C=O) groups excluding carboxylic acids is 1. The van der Waals surface area contributed by atoms with Crippen LogP contribution in [0.4, 0.5) is 0 Å². The second kappa shape index (κ2) is 4.20. The first kappa shape index (κ1) is 11.3. The number of rotatable bonds is 2. The molecule has 1 saturated heterocycles. The van der Waals surface area contributed by atoms with Gasteiger partial charge in [0.1, 0.15) is 18.3 Å². The zero-order valence-electron chi connectivity index (χ0n) is 7.15. The van der Waals surface area contributed by atoms with Gasteiger partial charge < -0.3 is 30.3 Å². The number of ether oxygens (including phenoxy) is 1. The Labute approximate surface area is 79.2 Å². The van der Waals surface area contributed by atoms with Crippen molar-refractivity contribution >= 4 is 5.97 Å². The lowest BCUT2D eigenvalue weighted by molar-refractivity contribution is -0.217. The summed E-state index contributed by atoms with van der Waals surface area (Å²) in [7, 11) is 0. The van der Waals surface area contributed by atoms with Crippen LogP contribution in [0.3, 0.4) is 0 Å². The number of aliphatic hydroxyl groups is 5. The lowest BCUT2D eigenvalue weighted by atomic mass is 9.96. The molecule has 82 valence electrons. The summed E-state index contributed by atoms with van der Waals surface area (Å²) in [6, 6.07) is 0. The SMILES string of the molecule is O=C1O[C@H]([C@@H](O)CO)[C@H](O)[C@@H](O)[C@@H]1O. The molecule has 0 aromatic heterocycles. The number of esters is 1. The molecule has 0 saturated carbocycles. The molecule has 0 bridgehead atoms. The summed E-state index contributed by atoms with van der Waals surface area (Å²) in [5.74, 6) is -1.14. The molecule has 1 aliphatic rings. The fourth-order valence-electron chi connectivity index (χ4n) is 1.20. The molecular weight excluding hydrogens is 196 g/mol. The second-order valence-electron chi connectivity index (χ2n) is 3.08. The topological polar surface area (TPSA) is 127 Å². The normalized spacial score (nSPS) is 40.5. The second-order valence-corrected chi connectivity index (χ2v) is 3.08. The van der Waals surface area contributed by atoms with Crippen LogP contribution in [0.1, 0.15) is 0 Å². The van der Waals surface area contributed by atoms with Gasteiger partial charge >= 0.3 is 5.97 Å². The van der Waals surface area contributed by atoms with Crippen LogP contribution in [-0.4, -0.2) is 68.6 Å². The minimum Gasteiger partial charge on any atom is -0.455 e. The number of aliphatic hydroxyl groups excluding tert-OH is 5. The Bertz CT molecular complexity index is 218. The van der Waals surface area contributed by atoms with Gasteiger partial charge in [-0.15, -0.1) is 0 Å². The van der Waals surface area contributed by atoms with Crippen LogP contribution in [0.15, 0.2) is 0 Å². The van der Waals surface area contributed by atoms with Crippen molar-refractivity contribution < 1.29 is 35.1 Å². The summed E-state index contributed by atoms with van der Waals surface area (Å²) >= 11 is 0. The Morgan fingerprint density at radius 3 is 2.36 bits per heavy atom. The van der Waals surface area contributed by atoms with Crippen LogP contribution in [0.2, 0.25) is 0 Å². The van der Waals surface area contributed by atoms with Crippen molar-refractivity contribution in [2.45, 2.75) is 30.5 Å². The van der Waals surface area contributed by atoms with E-state index in [1.54, 1.807) is 0 Å². The van der Waals surface area contributed by atoms with E-state index >= 15 is 0 Å². The molecule has 0 amide bonds. The minimum absolute atomic E-state index is 0.724. The predicted molar refractivity (Wildman–Crippen MR) is 41.0 cm³/mol. The van der Waals surface area contributed by atoms with Crippen LogP contribution in [0, 0.1) is 0 Å². The molecule has 0 spiro atoms. The van der Waals surface area contributed by atoms with E-state index in [-0.39, 0.29) is 0 Å². The fraction of sp³-hybridized carbons (Fsp3) is 0.857. The highest BCUT2D eigenvalue weighted by Gasteiger charge is 2.46. The summed E-state index contributed by atoms with van der Waals surface area (Å²) in [5.41, 5.74) is 0. The number of hydrogen-bond donors (Lipinski definition) is 5. The number of cyclic esters (lactones) is 1. The van der Waals surface area contributed by atoms with Crippen LogP contribution >= 0.6 is 0 Å². The average Bonchev–Trinajstić information content (AvgIpc) is 2.19. The summed E-state index contributed by atoms with van der Waals surface area (Å²) < 4.78 is 4.43. The zero-order chi connectivity index (χ0) is 10.9. The van der Waals surface area contributed by atoms with Crippen molar-refractivity contribution in [2.24, 2.45) is 0 Å². The maximum absolute atomic E-state index is 10.8. The standard InChI is InChI=1S/C7H12O7/c8-1-2(9)6-4(11)3(10)5(12)7(13)14-6/h2-6,8-12H,1H2/t2-,3+,4+,5-,6+/m0/s1. The van der Waals surface area contributed by atoms with Gasteiger partial charge in [0, 0.05) is 0 Å².